The number of nitrogens with one attached hydrogen (secondary N) is 4. The van der Waals surface area contributed by atoms with E-state index in [1.165, 1.54) is 62.5 Å². The van der Waals surface area contributed by atoms with Gasteiger partial charge in [-0.05, 0) is 85.5 Å². The SMILES string of the molecule is CN(CC(=O)NCCOCCOCC(=O)N[C@@H](Cc1ccc(O)cc1)C(=O)N[C@@H](CC(=O)O)C(=O)N[C@@H](CO)C(=O)O)C(=O)c1ccccc1C1=c2cc3c4c(c2Oc2c1cc1c5c2CCCN5CCC1)CCC[N+]=4CCC3. The molecule has 0 saturated heterocycles. The van der Waals surface area contributed by atoms with Gasteiger partial charge in [-0.15, -0.1) is 0 Å². The van der Waals surface area contributed by atoms with Crippen molar-refractivity contribution in [3.63, 3.8) is 0 Å². The summed E-state index contributed by atoms with van der Waals surface area (Å²) in [5.74, 6) is -4.99. The zero-order valence-electron chi connectivity index (χ0n) is 43.6. The second-order valence-electron chi connectivity index (χ2n) is 20.3. The van der Waals surface area contributed by atoms with Gasteiger partial charge in [0.25, 0.3) is 5.91 Å². The highest BCUT2D eigenvalue weighted by molar-refractivity contribution is 6.03. The second kappa shape index (κ2) is 24.6. The van der Waals surface area contributed by atoms with E-state index < -0.39 is 73.3 Å². The van der Waals surface area contributed by atoms with Gasteiger partial charge in [0.05, 0.1) is 45.0 Å². The third kappa shape index (κ3) is 12.3. The van der Waals surface area contributed by atoms with Gasteiger partial charge in [-0.2, -0.15) is 0 Å². The Labute approximate surface area is 449 Å². The summed E-state index contributed by atoms with van der Waals surface area (Å²) in [7, 11) is 1.61. The Hall–Kier alpha value is -7.88. The number of benzene rings is 4. The number of likely N-dealkylation sites (N-methyl/N-ethyl adjacent to an activating group) is 1. The number of phenols is 1. The van der Waals surface area contributed by atoms with Gasteiger partial charge in [0, 0.05) is 84.7 Å². The molecule has 5 aliphatic rings. The van der Waals surface area contributed by atoms with Crippen molar-refractivity contribution in [3.05, 3.63) is 116 Å². The maximum absolute atomic E-state index is 14.6. The fourth-order valence-electron chi connectivity index (χ4n) is 11.3. The third-order valence-corrected chi connectivity index (χ3v) is 14.9. The number of carboxylic acids is 2. The molecule has 0 aromatic heterocycles. The van der Waals surface area contributed by atoms with Gasteiger partial charge in [-0.25, -0.2) is 9.37 Å². The van der Waals surface area contributed by atoms with Crippen LogP contribution in [-0.2, 0) is 70.3 Å². The number of ether oxygens (including phenoxy) is 3. The first-order valence-corrected chi connectivity index (χ1v) is 26.6. The standard InChI is InChI=1S/C57H65N7O14/c1-62(30-46(67)58-18-23-76-24-25-77-32-47(68)59-43(26-33-14-16-36(66)17-15-33)54(71)60-44(29-48(69)70)55(72)61-45(31-65)57(74)75)56(73)38-11-3-2-10-37(38)49-41-27-34-8-4-19-63-21-6-12-39(50(34)63)52(41)78-53-40-13-7-22-64-20-5-9-35(51(40)64)28-42(49)53/h2-3,10-11,14-17,27-28,43-45,65H,4-9,12-13,18-26,29-32H2,1H3,(H6-,58,59,60,61,66,67,68,69,70,71,72,74,75)/p+1/t43-,44-,45-/m0/s1. The molecule has 3 atom stereocenters. The summed E-state index contributed by atoms with van der Waals surface area (Å²) in [6, 6.07) is 13.0. The van der Waals surface area contributed by atoms with Crippen LogP contribution in [0.5, 0.6) is 17.2 Å². The van der Waals surface area contributed by atoms with Crippen LogP contribution in [0.3, 0.4) is 0 Å². The number of aliphatic hydroxyl groups excluding tert-OH is 1. The number of aliphatic hydroxyl groups is 1. The summed E-state index contributed by atoms with van der Waals surface area (Å²) in [6.07, 6.45) is 6.93. The van der Waals surface area contributed by atoms with E-state index in [4.69, 9.17) is 14.2 Å². The summed E-state index contributed by atoms with van der Waals surface area (Å²) in [5, 5.41) is 49.5. The van der Waals surface area contributed by atoms with Crippen LogP contribution in [0, 0.1) is 0 Å². The lowest BCUT2D eigenvalue weighted by Gasteiger charge is -2.39. The molecule has 21 nitrogen and oxygen atoms in total. The molecule has 0 spiro atoms. The number of aromatic hydroxyl groups is 1. The van der Waals surface area contributed by atoms with Crippen LogP contribution in [0.4, 0.5) is 5.69 Å². The molecule has 412 valence electrons. The monoisotopic (exact) mass is 1070 g/mol. The van der Waals surface area contributed by atoms with Crippen LogP contribution in [0.25, 0.3) is 5.57 Å². The van der Waals surface area contributed by atoms with Gasteiger partial charge >= 0.3 is 11.9 Å². The zero-order chi connectivity index (χ0) is 55.0. The molecular formula is C57H66N7O14+. The highest BCUT2D eigenvalue weighted by atomic mass is 16.5. The predicted molar refractivity (Wildman–Crippen MR) is 283 cm³/mol. The Kier molecular flexibility index (Phi) is 17.3. The smallest absolute Gasteiger partial charge is 0.328 e. The number of carboxylic acid groups (broad SMARTS) is 2. The molecule has 0 aliphatic carbocycles. The van der Waals surface area contributed by atoms with Crippen LogP contribution < -0.4 is 46.1 Å². The molecule has 0 fully saturated rings. The molecule has 0 unspecified atom stereocenters. The Morgan fingerprint density at radius 1 is 0.744 bits per heavy atom. The lowest BCUT2D eigenvalue weighted by Crippen LogP contribution is -2.57. The van der Waals surface area contributed by atoms with Gasteiger partial charge in [-0.1, -0.05) is 30.3 Å². The Balaban J connectivity index is 0.799. The number of hydrogen-bond donors (Lipinski definition) is 8. The fourth-order valence-corrected chi connectivity index (χ4v) is 11.3. The number of rotatable bonds is 23. The number of carbonyl (C=O) groups is 7. The fraction of sp³-hybridized carbons (Fsp3) is 0.439. The maximum atomic E-state index is 14.6. The van der Waals surface area contributed by atoms with Crippen molar-refractivity contribution in [3.8, 4) is 17.2 Å². The van der Waals surface area contributed by atoms with E-state index in [-0.39, 0.29) is 51.0 Å². The normalized spacial score (nSPS) is 15.9. The first-order valence-electron chi connectivity index (χ1n) is 26.6. The van der Waals surface area contributed by atoms with Crippen molar-refractivity contribution in [2.75, 3.05) is 84.3 Å². The summed E-state index contributed by atoms with van der Waals surface area (Å²) in [6.45, 7) is 2.54. The number of aryl methyl sites for hydroxylation is 2. The highest BCUT2D eigenvalue weighted by Crippen LogP contribution is 2.49. The number of phenolic OH excluding ortho intramolecular Hbond substituents is 1. The minimum Gasteiger partial charge on any atom is -0.508 e. The van der Waals surface area contributed by atoms with Gasteiger partial charge < -0.3 is 65.7 Å². The van der Waals surface area contributed by atoms with E-state index in [1.807, 2.05) is 29.6 Å². The van der Waals surface area contributed by atoms with Gasteiger partial charge in [0.1, 0.15) is 55.1 Å². The molecule has 5 heterocycles. The second-order valence-corrected chi connectivity index (χ2v) is 20.3. The highest BCUT2D eigenvalue weighted by Gasteiger charge is 2.37. The number of carbonyl (C=O) groups excluding carboxylic acids is 5. The summed E-state index contributed by atoms with van der Waals surface area (Å²) < 4.78 is 20.8. The molecule has 0 bridgehead atoms. The number of nitrogens with zero attached hydrogens (tertiary/aromatic N) is 3. The molecule has 78 heavy (non-hydrogen) atoms. The quantitative estimate of drug-likeness (QED) is 0.0323. The summed E-state index contributed by atoms with van der Waals surface area (Å²) >= 11 is 0. The summed E-state index contributed by atoms with van der Waals surface area (Å²) in [5.41, 5.74) is 10.2. The minimum absolute atomic E-state index is 0.0220. The van der Waals surface area contributed by atoms with E-state index in [1.54, 1.807) is 7.05 Å². The van der Waals surface area contributed by atoms with Crippen LogP contribution in [0.15, 0.2) is 60.7 Å². The number of aliphatic carboxylic acids is 2. The van der Waals surface area contributed by atoms with Crippen molar-refractivity contribution in [2.45, 2.75) is 82.3 Å². The Morgan fingerprint density at radius 3 is 2.19 bits per heavy atom. The lowest BCUT2D eigenvalue weighted by atomic mass is 9.81. The molecule has 4 aromatic carbocycles. The average molecular weight is 1070 g/mol. The zero-order valence-corrected chi connectivity index (χ0v) is 43.6. The first-order chi connectivity index (χ1) is 37.7. The van der Waals surface area contributed by atoms with E-state index in [9.17, 15) is 54.0 Å². The van der Waals surface area contributed by atoms with Crippen molar-refractivity contribution in [2.24, 2.45) is 0 Å². The molecule has 8 N–H and O–H groups in total. The van der Waals surface area contributed by atoms with Crippen LogP contribution in [0.1, 0.15) is 81.4 Å². The van der Waals surface area contributed by atoms with Gasteiger partial charge in [0.2, 0.25) is 29.0 Å². The van der Waals surface area contributed by atoms with Crippen molar-refractivity contribution in [1.29, 1.82) is 0 Å². The molecule has 9 rings (SSSR count). The lowest BCUT2D eigenvalue weighted by molar-refractivity contribution is -0.144. The van der Waals surface area contributed by atoms with E-state index >= 15 is 0 Å². The van der Waals surface area contributed by atoms with Crippen molar-refractivity contribution in [1.82, 2.24) is 30.7 Å². The molecule has 4 aromatic rings. The van der Waals surface area contributed by atoms with Crippen molar-refractivity contribution >= 4 is 52.7 Å². The molecule has 0 saturated carbocycles. The minimum atomic E-state index is -1.78. The maximum Gasteiger partial charge on any atom is 0.328 e. The average Bonchev–Trinajstić information content (AvgIpc) is 3.63. The van der Waals surface area contributed by atoms with Crippen LogP contribution in [0.2, 0.25) is 0 Å². The summed E-state index contributed by atoms with van der Waals surface area (Å²) in [4.78, 5) is 94.0. The third-order valence-electron chi connectivity index (χ3n) is 14.9. The molecule has 0 radical (unpaired) electrons. The first kappa shape index (κ1) is 54.9. The van der Waals surface area contributed by atoms with Crippen LogP contribution in [-0.4, -0.2) is 164 Å². The number of fused-ring (bicyclic) bond motifs is 4. The van der Waals surface area contributed by atoms with Gasteiger partial charge in [-0.3, -0.25) is 28.8 Å². The molecule has 5 amide bonds. The molecular weight excluding hydrogens is 1010 g/mol. The Bertz CT molecular complexity index is 3140. The van der Waals surface area contributed by atoms with Crippen LogP contribution >= 0.6 is 0 Å². The number of hydrogen-bond acceptors (Lipinski definition) is 13. The Morgan fingerprint density at radius 2 is 1.44 bits per heavy atom. The van der Waals surface area contributed by atoms with E-state index in [2.05, 4.69) is 37.6 Å². The predicted octanol–water partition coefficient (Wildman–Crippen LogP) is 0.298. The molecule has 5 aliphatic heterocycles. The van der Waals surface area contributed by atoms with E-state index in [0.29, 0.717) is 11.1 Å². The van der Waals surface area contributed by atoms with E-state index in [0.717, 1.165) is 111 Å². The number of amides is 5. The topological polar surface area (TPSA) is 286 Å². The van der Waals surface area contributed by atoms with Crippen molar-refractivity contribution < 1.29 is 68.2 Å². The number of anilines is 1. The van der Waals surface area contributed by atoms with Gasteiger partial charge in [0.15, 0.2) is 0 Å². The largest absolute Gasteiger partial charge is 0.508 e. The molecule has 21 heteroatoms.